The summed E-state index contributed by atoms with van der Waals surface area (Å²) in [5.41, 5.74) is 0.197. The second kappa shape index (κ2) is 8.29. The van der Waals surface area contributed by atoms with Crippen molar-refractivity contribution in [2.75, 3.05) is 25.1 Å². The number of nitrogens with one attached hydrogen (secondary N) is 2. The lowest BCUT2D eigenvalue weighted by Gasteiger charge is -2.18. The highest BCUT2D eigenvalue weighted by atomic mass is 19.4. The zero-order valence-corrected chi connectivity index (χ0v) is 15.5. The molecule has 0 aliphatic carbocycles. The number of halogens is 3. The molecule has 0 radical (unpaired) electrons. The van der Waals surface area contributed by atoms with Crippen molar-refractivity contribution in [1.29, 1.82) is 0 Å². The van der Waals surface area contributed by atoms with Gasteiger partial charge in [0, 0.05) is 25.2 Å². The number of ether oxygens (including phenoxy) is 2. The quantitative estimate of drug-likeness (QED) is 0.573. The number of hydrogen-bond donors (Lipinski definition) is 3. The van der Waals surface area contributed by atoms with Crippen LogP contribution in [-0.2, 0) is 16.0 Å². The Morgan fingerprint density at radius 3 is 2.72 bits per heavy atom. The number of aromatic amines is 1. The van der Waals surface area contributed by atoms with Crippen LogP contribution < -0.4 is 15.6 Å². The van der Waals surface area contributed by atoms with Gasteiger partial charge in [-0.2, -0.15) is 13.2 Å². The van der Waals surface area contributed by atoms with Gasteiger partial charge in [-0.25, -0.2) is 4.68 Å². The minimum atomic E-state index is -4.51. The van der Waals surface area contributed by atoms with E-state index in [4.69, 9.17) is 9.47 Å². The maximum Gasteiger partial charge on any atom is 0.422 e. The first kappa shape index (κ1) is 20.9. The smallest absolute Gasteiger partial charge is 0.422 e. The predicted octanol–water partition coefficient (Wildman–Crippen LogP) is 2.06. The van der Waals surface area contributed by atoms with Crippen LogP contribution >= 0.6 is 0 Å². The number of carbonyl (C=O) groups excluding carboxylic acids is 1. The number of aromatic nitrogens is 2. The number of H-pyrrole nitrogens is 1. The topological polar surface area (TPSA) is 106 Å². The number of fused-ring (bicyclic) bond motifs is 1. The molecule has 1 amide bonds. The van der Waals surface area contributed by atoms with E-state index in [1.165, 1.54) is 18.2 Å². The molecule has 1 aliphatic rings. The molecule has 1 atom stereocenters. The maximum absolute atomic E-state index is 12.6. The third-order valence-electron chi connectivity index (χ3n) is 4.33. The molecule has 1 aromatic heterocycles. The summed E-state index contributed by atoms with van der Waals surface area (Å²) >= 11 is 0. The molecule has 2 heterocycles. The second-order valence-electron chi connectivity index (χ2n) is 6.46. The number of amides is 1. The molecular formula is C18H20F3N3O5. The number of aliphatic hydroxyl groups excluding tert-OH is 1. The molecule has 0 spiro atoms. The molecule has 0 saturated carbocycles. The minimum absolute atomic E-state index is 0.0767. The van der Waals surface area contributed by atoms with Gasteiger partial charge >= 0.3 is 6.18 Å². The number of nitrogens with zero attached hydrogens (tertiary/aromatic N) is 1. The lowest BCUT2D eigenvalue weighted by Crippen LogP contribution is -2.22. The Hall–Kier alpha value is -2.79. The molecule has 1 aliphatic heterocycles. The molecule has 0 saturated heterocycles. The monoisotopic (exact) mass is 415 g/mol. The summed E-state index contributed by atoms with van der Waals surface area (Å²) in [5.74, 6) is -0.160. The second-order valence-corrected chi connectivity index (χ2v) is 6.46. The average molecular weight is 415 g/mol. The Morgan fingerprint density at radius 1 is 1.31 bits per heavy atom. The van der Waals surface area contributed by atoms with E-state index in [1.807, 2.05) is 0 Å². The minimum Gasteiger partial charge on any atom is -0.484 e. The normalized spacial score (nSPS) is 14.6. The Balaban J connectivity index is 1.96. The van der Waals surface area contributed by atoms with Crippen LogP contribution in [0.25, 0.3) is 5.69 Å². The molecule has 3 N–H and O–H groups in total. The predicted molar refractivity (Wildman–Crippen MR) is 96.3 cm³/mol. The van der Waals surface area contributed by atoms with Gasteiger partial charge in [-0.05, 0) is 25.1 Å². The summed E-state index contributed by atoms with van der Waals surface area (Å²) in [6.07, 6.45) is -5.55. The van der Waals surface area contributed by atoms with Crippen molar-refractivity contribution in [1.82, 2.24) is 9.78 Å². The first-order valence-electron chi connectivity index (χ1n) is 8.93. The number of aliphatic hydroxyl groups is 1. The van der Waals surface area contributed by atoms with Gasteiger partial charge in [0.15, 0.2) is 6.61 Å². The van der Waals surface area contributed by atoms with Gasteiger partial charge in [0.2, 0.25) is 5.91 Å². The fraction of sp³-hybridized carbons (Fsp3) is 0.444. The van der Waals surface area contributed by atoms with Crippen LogP contribution in [0.15, 0.2) is 23.0 Å². The zero-order chi connectivity index (χ0) is 21.2. The molecule has 0 fully saturated rings. The third-order valence-corrected chi connectivity index (χ3v) is 4.33. The number of rotatable bonds is 8. The standard InChI is InChI=1S/C18H20F3N3O5/c1-2-28-6-5-14(25)11-7-10(29-9-18(19,20)21)3-4-13(11)24-17(27)12-8-15(26)22-16(12)23-24/h3-4,7,14,23,25H,2,5-6,8-9H2,1H3,(H,22,26). The lowest BCUT2D eigenvalue weighted by molar-refractivity contribution is -0.153. The highest BCUT2D eigenvalue weighted by molar-refractivity contribution is 5.97. The molecule has 8 nitrogen and oxygen atoms in total. The average Bonchev–Trinajstić information content (AvgIpc) is 3.16. The Morgan fingerprint density at radius 2 is 2.07 bits per heavy atom. The van der Waals surface area contributed by atoms with E-state index in [9.17, 15) is 27.9 Å². The van der Waals surface area contributed by atoms with Gasteiger partial charge in [-0.3, -0.25) is 14.7 Å². The fourth-order valence-corrected chi connectivity index (χ4v) is 3.01. The van der Waals surface area contributed by atoms with E-state index in [0.29, 0.717) is 6.61 Å². The maximum atomic E-state index is 12.6. The van der Waals surface area contributed by atoms with Crippen molar-refractivity contribution in [2.45, 2.75) is 32.0 Å². The van der Waals surface area contributed by atoms with E-state index in [2.05, 4.69) is 10.4 Å². The number of carbonyl (C=O) groups is 1. The highest BCUT2D eigenvalue weighted by Crippen LogP contribution is 2.30. The number of hydrogen-bond acceptors (Lipinski definition) is 5. The van der Waals surface area contributed by atoms with Gasteiger partial charge in [0.1, 0.15) is 11.6 Å². The van der Waals surface area contributed by atoms with Crippen molar-refractivity contribution in [2.24, 2.45) is 0 Å². The molecule has 29 heavy (non-hydrogen) atoms. The molecule has 3 rings (SSSR count). The van der Waals surface area contributed by atoms with Gasteiger partial charge in [-0.1, -0.05) is 0 Å². The van der Waals surface area contributed by atoms with Crippen LogP contribution in [0.3, 0.4) is 0 Å². The summed E-state index contributed by atoms with van der Waals surface area (Å²) in [7, 11) is 0. The zero-order valence-electron chi connectivity index (χ0n) is 15.5. The van der Waals surface area contributed by atoms with Crippen molar-refractivity contribution < 1.29 is 32.5 Å². The number of alkyl halides is 3. The van der Waals surface area contributed by atoms with Crippen molar-refractivity contribution in [3.8, 4) is 11.4 Å². The van der Waals surface area contributed by atoms with Crippen LogP contribution in [0.5, 0.6) is 5.75 Å². The van der Waals surface area contributed by atoms with Crippen LogP contribution in [0.1, 0.15) is 30.6 Å². The van der Waals surface area contributed by atoms with Crippen LogP contribution in [-0.4, -0.2) is 46.8 Å². The van der Waals surface area contributed by atoms with E-state index < -0.39 is 24.4 Å². The first-order chi connectivity index (χ1) is 13.7. The molecule has 1 unspecified atom stereocenters. The molecule has 1 aromatic carbocycles. The molecule has 158 valence electrons. The summed E-state index contributed by atoms with van der Waals surface area (Å²) < 4.78 is 48.5. The number of benzene rings is 1. The molecular weight excluding hydrogens is 395 g/mol. The largest absolute Gasteiger partial charge is 0.484 e. The summed E-state index contributed by atoms with van der Waals surface area (Å²) in [4.78, 5) is 24.1. The summed E-state index contributed by atoms with van der Waals surface area (Å²) in [5, 5.41) is 15.8. The Bertz CT molecular complexity index is 951. The van der Waals surface area contributed by atoms with Gasteiger partial charge in [0.05, 0.1) is 23.8 Å². The van der Waals surface area contributed by atoms with Crippen LogP contribution in [0.2, 0.25) is 0 Å². The van der Waals surface area contributed by atoms with Crippen molar-refractivity contribution >= 4 is 11.7 Å². The van der Waals surface area contributed by atoms with Crippen LogP contribution in [0.4, 0.5) is 19.0 Å². The van der Waals surface area contributed by atoms with E-state index in [-0.39, 0.29) is 53.7 Å². The van der Waals surface area contributed by atoms with Gasteiger partial charge in [0.25, 0.3) is 5.56 Å². The van der Waals surface area contributed by atoms with Gasteiger partial charge < -0.3 is 19.9 Å². The van der Waals surface area contributed by atoms with E-state index >= 15 is 0 Å². The van der Waals surface area contributed by atoms with E-state index in [1.54, 1.807) is 6.92 Å². The summed E-state index contributed by atoms with van der Waals surface area (Å²) in [6, 6.07) is 3.91. The lowest BCUT2D eigenvalue weighted by atomic mass is 10.0. The SMILES string of the molecule is CCOCCC(O)c1cc(OCC(F)(F)F)ccc1-n1[nH]c2c(c1=O)CC(=O)N2. The van der Waals surface area contributed by atoms with Crippen molar-refractivity contribution in [3.05, 3.63) is 39.7 Å². The molecule has 2 aromatic rings. The number of anilines is 1. The third kappa shape index (κ3) is 4.80. The van der Waals surface area contributed by atoms with Gasteiger partial charge in [-0.15, -0.1) is 0 Å². The highest BCUT2D eigenvalue weighted by Gasteiger charge is 2.29. The Kier molecular flexibility index (Phi) is 5.99. The Labute approximate surface area is 163 Å². The van der Waals surface area contributed by atoms with Crippen LogP contribution in [0, 0.1) is 0 Å². The molecule has 11 heteroatoms. The first-order valence-corrected chi connectivity index (χ1v) is 8.93. The molecule has 0 bridgehead atoms. The van der Waals surface area contributed by atoms with E-state index in [0.717, 1.165) is 4.68 Å². The van der Waals surface area contributed by atoms with Crippen molar-refractivity contribution in [3.63, 3.8) is 0 Å². The summed E-state index contributed by atoms with van der Waals surface area (Å²) in [6.45, 7) is 0.967. The fourth-order valence-electron chi connectivity index (χ4n) is 3.01.